The number of hydrogen-bond acceptors (Lipinski definition) is 1. The van der Waals surface area contributed by atoms with E-state index >= 15 is 0 Å². The van der Waals surface area contributed by atoms with E-state index in [1.54, 1.807) is 6.07 Å². The highest BCUT2D eigenvalue weighted by Gasteiger charge is 2.01. The van der Waals surface area contributed by atoms with Crippen molar-refractivity contribution >= 4 is 34.1 Å². The molecule has 0 bridgehead atoms. The van der Waals surface area contributed by atoms with E-state index in [1.165, 1.54) is 6.20 Å². The molecular formula is C9H4Cl2N. The summed E-state index contributed by atoms with van der Waals surface area (Å²) >= 11 is 11.8. The summed E-state index contributed by atoms with van der Waals surface area (Å²) in [5.41, 5.74) is 0.725. The summed E-state index contributed by atoms with van der Waals surface area (Å²) in [5, 5.41) is 2.01. The molecule has 0 amide bonds. The first-order valence-electron chi connectivity index (χ1n) is 3.39. The van der Waals surface area contributed by atoms with Crippen LogP contribution < -0.4 is 0 Å². The van der Waals surface area contributed by atoms with Crippen LogP contribution in [-0.4, -0.2) is 4.98 Å². The van der Waals surface area contributed by atoms with Crippen LogP contribution in [0.5, 0.6) is 0 Å². The van der Waals surface area contributed by atoms with Gasteiger partial charge in [-0.1, -0.05) is 35.3 Å². The van der Waals surface area contributed by atoms with Crippen LogP contribution in [0.15, 0.2) is 24.4 Å². The number of rotatable bonds is 0. The van der Waals surface area contributed by atoms with Crippen LogP contribution in [-0.2, 0) is 0 Å². The van der Waals surface area contributed by atoms with Crippen molar-refractivity contribution in [2.75, 3.05) is 0 Å². The highest BCUT2D eigenvalue weighted by Crippen LogP contribution is 2.25. The lowest BCUT2D eigenvalue weighted by Crippen LogP contribution is -1.79. The summed E-state index contributed by atoms with van der Waals surface area (Å²) in [5.74, 6) is 0. The van der Waals surface area contributed by atoms with Gasteiger partial charge in [-0.15, -0.1) is 0 Å². The molecule has 2 rings (SSSR count). The summed E-state index contributed by atoms with van der Waals surface area (Å²) in [6.07, 6.45) is 1.52. The summed E-state index contributed by atoms with van der Waals surface area (Å²) in [6, 6.07) is 8.29. The molecule has 0 N–H and O–H groups in total. The van der Waals surface area contributed by atoms with E-state index in [9.17, 15) is 0 Å². The Balaban J connectivity index is 2.94. The zero-order chi connectivity index (χ0) is 8.55. The largest absolute Gasteiger partial charge is 0.254 e. The summed E-state index contributed by atoms with van der Waals surface area (Å²) < 4.78 is 0. The number of pyridine rings is 1. The number of nitrogens with zero attached hydrogens (tertiary/aromatic N) is 1. The number of hydrogen-bond donors (Lipinski definition) is 0. The van der Waals surface area contributed by atoms with Gasteiger partial charge < -0.3 is 0 Å². The lowest BCUT2D eigenvalue weighted by atomic mass is 10.2. The van der Waals surface area contributed by atoms with Gasteiger partial charge in [0.25, 0.3) is 0 Å². The minimum absolute atomic E-state index is 0.558. The van der Waals surface area contributed by atoms with E-state index in [1.807, 2.05) is 12.1 Å². The summed E-state index contributed by atoms with van der Waals surface area (Å²) in [4.78, 5) is 4.07. The van der Waals surface area contributed by atoms with E-state index in [4.69, 9.17) is 23.2 Å². The lowest BCUT2D eigenvalue weighted by Gasteiger charge is -1.99. The molecule has 1 nitrogen and oxygen atoms in total. The second-order valence-corrected chi connectivity index (χ2v) is 3.14. The van der Waals surface area contributed by atoms with E-state index in [0.29, 0.717) is 10.0 Å². The third-order valence-electron chi connectivity index (χ3n) is 1.61. The maximum atomic E-state index is 5.89. The van der Waals surface area contributed by atoms with E-state index in [0.717, 1.165) is 10.9 Å². The molecule has 0 aliphatic rings. The molecule has 1 radical (unpaired) electrons. The Morgan fingerprint density at radius 1 is 1.25 bits per heavy atom. The van der Waals surface area contributed by atoms with Gasteiger partial charge >= 0.3 is 0 Å². The molecule has 12 heavy (non-hydrogen) atoms. The summed E-state index contributed by atoms with van der Waals surface area (Å²) in [7, 11) is 0. The second-order valence-electron chi connectivity index (χ2n) is 2.35. The maximum Gasteiger partial charge on any atom is 0.0903 e. The van der Waals surface area contributed by atoms with Crippen molar-refractivity contribution in [1.29, 1.82) is 0 Å². The number of fused-ring (bicyclic) bond motifs is 1. The van der Waals surface area contributed by atoms with E-state index < -0.39 is 0 Å². The highest BCUT2D eigenvalue weighted by molar-refractivity contribution is 6.38. The standard InChI is InChI=1S/C9H4Cl2N/c10-7-4-5-12-9-6(7)2-1-3-8(9)11/h1-3,5H. The van der Waals surface area contributed by atoms with Crippen LogP contribution in [0.2, 0.25) is 10.0 Å². The van der Waals surface area contributed by atoms with E-state index in [2.05, 4.69) is 11.1 Å². The van der Waals surface area contributed by atoms with Gasteiger partial charge in [0, 0.05) is 17.6 Å². The van der Waals surface area contributed by atoms with Gasteiger partial charge in [-0.3, -0.25) is 4.98 Å². The lowest BCUT2D eigenvalue weighted by molar-refractivity contribution is 1.41. The fourth-order valence-corrected chi connectivity index (χ4v) is 1.48. The predicted octanol–water partition coefficient (Wildman–Crippen LogP) is 3.34. The van der Waals surface area contributed by atoms with E-state index in [-0.39, 0.29) is 0 Å². The van der Waals surface area contributed by atoms with Gasteiger partial charge in [-0.25, -0.2) is 0 Å². The first-order chi connectivity index (χ1) is 5.79. The SMILES string of the molecule is Clc1[c]cnc2c(Cl)cccc12. The molecule has 3 heteroatoms. The van der Waals surface area contributed by atoms with Gasteiger partial charge in [0.1, 0.15) is 0 Å². The Kier molecular flexibility index (Phi) is 1.91. The van der Waals surface area contributed by atoms with Gasteiger partial charge in [0.15, 0.2) is 0 Å². The average Bonchev–Trinajstić information content (AvgIpc) is 2.07. The van der Waals surface area contributed by atoms with Crippen LogP contribution in [0.25, 0.3) is 10.9 Å². The van der Waals surface area contributed by atoms with Crippen molar-refractivity contribution in [3.63, 3.8) is 0 Å². The van der Waals surface area contributed by atoms with Crippen LogP contribution in [0.3, 0.4) is 0 Å². The first kappa shape index (κ1) is 7.84. The molecule has 1 heterocycles. The molecule has 0 unspecified atom stereocenters. The smallest absolute Gasteiger partial charge is 0.0903 e. The number of benzene rings is 1. The van der Waals surface area contributed by atoms with Crippen molar-refractivity contribution < 1.29 is 0 Å². The molecule has 2 aromatic rings. The third-order valence-corrected chi connectivity index (χ3v) is 2.23. The Bertz CT molecular complexity index is 385. The molecule has 0 saturated carbocycles. The van der Waals surface area contributed by atoms with Crippen molar-refractivity contribution in [3.8, 4) is 0 Å². The highest BCUT2D eigenvalue weighted by atomic mass is 35.5. The third kappa shape index (κ3) is 1.15. The first-order valence-corrected chi connectivity index (χ1v) is 4.15. The predicted molar refractivity (Wildman–Crippen MR) is 50.6 cm³/mol. The van der Waals surface area contributed by atoms with Crippen LogP contribution in [0, 0.1) is 6.07 Å². The summed E-state index contributed by atoms with van der Waals surface area (Å²) in [6.45, 7) is 0. The monoisotopic (exact) mass is 196 g/mol. The minimum atomic E-state index is 0.558. The molecular weight excluding hydrogens is 193 g/mol. The molecule has 1 aromatic heterocycles. The maximum absolute atomic E-state index is 5.89. The number of halogens is 2. The topological polar surface area (TPSA) is 12.9 Å². The van der Waals surface area contributed by atoms with Gasteiger partial charge in [0.05, 0.1) is 15.6 Å². The Hall–Kier alpha value is -0.790. The Morgan fingerprint density at radius 2 is 2.08 bits per heavy atom. The average molecular weight is 197 g/mol. The fourth-order valence-electron chi connectivity index (χ4n) is 1.05. The minimum Gasteiger partial charge on any atom is -0.254 e. The fraction of sp³-hybridized carbons (Fsp3) is 0. The zero-order valence-electron chi connectivity index (χ0n) is 6.01. The zero-order valence-corrected chi connectivity index (χ0v) is 7.52. The molecule has 0 fully saturated rings. The van der Waals surface area contributed by atoms with Gasteiger partial charge in [-0.2, -0.15) is 0 Å². The van der Waals surface area contributed by atoms with Crippen molar-refractivity contribution in [2.24, 2.45) is 0 Å². The Labute approximate surface area is 79.9 Å². The van der Waals surface area contributed by atoms with Crippen molar-refractivity contribution in [1.82, 2.24) is 4.98 Å². The van der Waals surface area contributed by atoms with Crippen LogP contribution in [0.1, 0.15) is 0 Å². The van der Waals surface area contributed by atoms with Crippen LogP contribution >= 0.6 is 23.2 Å². The normalized spacial score (nSPS) is 10.5. The molecule has 1 aromatic carbocycles. The number of aromatic nitrogens is 1. The molecule has 0 atom stereocenters. The van der Waals surface area contributed by atoms with Crippen molar-refractivity contribution in [2.45, 2.75) is 0 Å². The molecule has 59 valence electrons. The van der Waals surface area contributed by atoms with Crippen molar-refractivity contribution in [3.05, 3.63) is 40.5 Å². The molecule has 0 aliphatic carbocycles. The number of para-hydroxylation sites is 1. The second kappa shape index (κ2) is 2.92. The molecule has 0 spiro atoms. The quantitative estimate of drug-likeness (QED) is 0.631. The Morgan fingerprint density at radius 3 is 2.83 bits per heavy atom. The van der Waals surface area contributed by atoms with Gasteiger partial charge in [0.2, 0.25) is 0 Å². The molecule has 0 aliphatic heterocycles. The molecule has 0 saturated heterocycles. The van der Waals surface area contributed by atoms with Crippen LogP contribution in [0.4, 0.5) is 0 Å². The van der Waals surface area contributed by atoms with Gasteiger partial charge in [-0.05, 0) is 6.07 Å².